The molecule has 0 fully saturated rings. The van der Waals surface area contributed by atoms with Crippen molar-refractivity contribution in [2.24, 2.45) is 0 Å². The summed E-state index contributed by atoms with van der Waals surface area (Å²) in [4.78, 5) is 0. The molecule has 0 aliphatic rings. The third kappa shape index (κ3) is 5.22. The highest BCUT2D eigenvalue weighted by atomic mass is 16.5. The third-order valence-corrected chi connectivity index (χ3v) is 3.88. The van der Waals surface area contributed by atoms with Crippen LogP contribution in [0.4, 0.5) is 0 Å². The monoisotopic (exact) mass is 326 g/mol. The van der Waals surface area contributed by atoms with E-state index < -0.39 is 0 Å². The van der Waals surface area contributed by atoms with Crippen LogP contribution >= 0.6 is 0 Å². The van der Waals surface area contributed by atoms with Gasteiger partial charge in [-0.1, -0.05) is 103 Å². The van der Waals surface area contributed by atoms with E-state index in [1.165, 1.54) is 16.7 Å². The van der Waals surface area contributed by atoms with Gasteiger partial charge in [0, 0.05) is 5.56 Å². The van der Waals surface area contributed by atoms with E-state index in [1.54, 1.807) is 0 Å². The fraction of sp³-hybridized carbons (Fsp3) is 0.0833. The Morgan fingerprint density at radius 2 is 1.44 bits per heavy atom. The first-order chi connectivity index (χ1) is 12.3. The van der Waals surface area contributed by atoms with Gasteiger partial charge in [0.15, 0.2) is 0 Å². The summed E-state index contributed by atoms with van der Waals surface area (Å²) in [6.07, 6.45) is 6.40. The Hall–Kier alpha value is -3.06. The van der Waals surface area contributed by atoms with Crippen LogP contribution in [0.25, 0.3) is 12.2 Å². The van der Waals surface area contributed by atoms with Crippen LogP contribution in [0.15, 0.2) is 96.6 Å². The molecule has 0 unspecified atom stereocenters. The second-order valence-electron chi connectivity index (χ2n) is 5.94. The van der Waals surface area contributed by atoms with E-state index in [9.17, 15) is 0 Å². The Labute approximate surface area is 149 Å². The normalized spacial score (nSPS) is 11.6. The van der Waals surface area contributed by atoms with Crippen LogP contribution in [0.2, 0.25) is 0 Å². The lowest BCUT2D eigenvalue weighted by molar-refractivity contribution is 0.305. The first-order valence-corrected chi connectivity index (χ1v) is 8.48. The molecular weight excluding hydrogens is 304 g/mol. The zero-order chi connectivity index (χ0) is 17.3. The molecule has 0 saturated heterocycles. The molecule has 0 heterocycles. The Bertz CT molecular complexity index is 846. The second-order valence-corrected chi connectivity index (χ2v) is 5.94. The van der Waals surface area contributed by atoms with Gasteiger partial charge in [0.05, 0.1) is 0 Å². The lowest BCUT2D eigenvalue weighted by atomic mass is 10.1. The van der Waals surface area contributed by atoms with Crippen molar-refractivity contribution in [2.75, 3.05) is 0 Å². The quantitative estimate of drug-likeness (QED) is 0.477. The van der Waals surface area contributed by atoms with Crippen LogP contribution in [0, 0.1) is 0 Å². The summed E-state index contributed by atoms with van der Waals surface area (Å²) in [5.74, 6) is 0.898. The maximum Gasteiger partial charge on any atom is 0.127 e. The van der Waals surface area contributed by atoms with Gasteiger partial charge in [0.2, 0.25) is 0 Å². The average Bonchev–Trinajstić information content (AvgIpc) is 2.67. The van der Waals surface area contributed by atoms with Gasteiger partial charge >= 0.3 is 0 Å². The molecule has 0 N–H and O–H groups in total. The molecule has 0 aliphatic heterocycles. The largest absolute Gasteiger partial charge is 0.488 e. The number of benzene rings is 3. The van der Waals surface area contributed by atoms with Crippen molar-refractivity contribution in [3.05, 3.63) is 113 Å². The van der Waals surface area contributed by atoms with E-state index in [4.69, 9.17) is 4.74 Å². The summed E-state index contributed by atoms with van der Waals surface area (Å²) >= 11 is 0. The average molecular weight is 326 g/mol. The highest BCUT2D eigenvalue weighted by molar-refractivity contribution is 5.63. The van der Waals surface area contributed by atoms with Crippen LogP contribution in [0.5, 0.6) is 5.75 Å². The second kappa shape index (κ2) is 8.70. The molecule has 3 aromatic carbocycles. The molecule has 0 amide bonds. The van der Waals surface area contributed by atoms with Crippen molar-refractivity contribution in [1.82, 2.24) is 0 Å². The number of rotatable bonds is 6. The van der Waals surface area contributed by atoms with Crippen molar-refractivity contribution >= 4 is 12.2 Å². The van der Waals surface area contributed by atoms with Crippen LogP contribution in [0.3, 0.4) is 0 Å². The molecule has 1 nitrogen and oxygen atoms in total. The summed E-state index contributed by atoms with van der Waals surface area (Å²) < 4.78 is 6.00. The van der Waals surface area contributed by atoms with Gasteiger partial charge in [-0.2, -0.15) is 0 Å². The standard InChI is InChI=1S/C24H22O/c1-20(18-21-10-4-2-5-11-21)16-17-23-14-8-9-15-24(23)25-19-22-12-6-3-7-13-22/h2-18H,19H2,1H3/b17-16+,20-18-. The molecule has 0 aromatic heterocycles. The molecule has 0 radical (unpaired) electrons. The first-order valence-electron chi connectivity index (χ1n) is 8.48. The SMILES string of the molecule is CC(=C/c1ccccc1)/C=C/c1ccccc1OCc1ccccc1. The van der Waals surface area contributed by atoms with E-state index >= 15 is 0 Å². The Morgan fingerprint density at radius 3 is 2.20 bits per heavy atom. The highest BCUT2D eigenvalue weighted by Gasteiger charge is 2.00. The topological polar surface area (TPSA) is 9.23 Å². The number of hydrogen-bond donors (Lipinski definition) is 0. The molecule has 124 valence electrons. The number of hydrogen-bond acceptors (Lipinski definition) is 1. The smallest absolute Gasteiger partial charge is 0.127 e. The van der Waals surface area contributed by atoms with E-state index in [0.29, 0.717) is 6.61 Å². The maximum atomic E-state index is 6.00. The molecule has 1 heteroatoms. The summed E-state index contributed by atoms with van der Waals surface area (Å²) in [6, 6.07) is 28.7. The van der Waals surface area contributed by atoms with E-state index in [-0.39, 0.29) is 0 Å². The molecule has 25 heavy (non-hydrogen) atoms. The van der Waals surface area contributed by atoms with Crippen molar-refractivity contribution in [1.29, 1.82) is 0 Å². The zero-order valence-corrected chi connectivity index (χ0v) is 14.4. The van der Waals surface area contributed by atoms with E-state index in [0.717, 1.165) is 11.3 Å². The molecule has 0 aliphatic carbocycles. The molecule has 0 atom stereocenters. The van der Waals surface area contributed by atoms with E-state index in [2.05, 4.69) is 67.6 Å². The van der Waals surface area contributed by atoms with Crippen LogP contribution in [-0.4, -0.2) is 0 Å². The predicted molar refractivity (Wildman–Crippen MR) is 106 cm³/mol. The van der Waals surface area contributed by atoms with Crippen molar-refractivity contribution in [3.63, 3.8) is 0 Å². The minimum absolute atomic E-state index is 0.574. The summed E-state index contributed by atoms with van der Waals surface area (Å²) in [6.45, 7) is 2.68. The Kier molecular flexibility index (Phi) is 5.84. The van der Waals surface area contributed by atoms with Crippen LogP contribution < -0.4 is 4.74 Å². The van der Waals surface area contributed by atoms with E-state index in [1.807, 2.05) is 42.5 Å². The van der Waals surface area contributed by atoms with Gasteiger partial charge in [-0.3, -0.25) is 0 Å². The Morgan fingerprint density at radius 1 is 0.800 bits per heavy atom. The number of allylic oxidation sites excluding steroid dienone is 2. The molecule has 0 bridgehead atoms. The molecular formula is C24H22O. The lowest BCUT2D eigenvalue weighted by Gasteiger charge is -2.09. The minimum Gasteiger partial charge on any atom is -0.488 e. The fourth-order valence-corrected chi connectivity index (χ4v) is 2.57. The molecule has 0 saturated carbocycles. The predicted octanol–water partition coefficient (Wildman–Crippen LogP) is 6.38. The van der Waals surface area contributed by atoms with Gasteiger partial charge in [0.1, 0.15) is 12.4 Å². The Balaban J connectivity index is 1.71. The lowest BCUT2D eigenvalue weighted by Crippen LogP contribution is -1.96. The number of ether oxygens (including phenoxy) is 1. The third-order valence-electron chi connectivity index (χ3n) is 3.88. The fourth-order valence-electron chi connectivity index (χ4n) is 2.57. The van der Waals surface area contributed by atoms with Crippen molar-refractivity contribution in [2.45, 2.75) is 13.5 Å². The number of para-hydroxylation sites is 1. The molecule has 3 rings (SSSR count). The first kappa shape index (κ1) is 16.8. The highest BCUT2D eigenvalue weighted by Crippen LogP contribution is 2.21. The van der Waals surface area contributed by atoms with Crippen LogP contribution in [0.1, 0.15) is 23.6 Å². The summed E-state index contributed by atoms with van der Waals surface area (Å²) in [7, 11) is 0. The van der Waals surface area contributed by atoms with Gasteiger partial charge in [-0.25, -0.2) is 0 Å². The van der Waals surface area contributed by atoms with Crippen LogP contribution in [-0.2, 0) is 6.61 Å². The van der Waals surface area contributed by atoms with Gasteiger partial charge in [0.25, 0.3) is 0 Å². The molecule has 0 spiro atoms. The van der Waals surface area contributed by atoms with Gasteiger partial charge in [-0.05, 0) is 24.1 Å². The zero-order valence-electron chi connectivity index (χ0n) is 14.4. The summed E-state index contributed by atoms with van der Waals surface area (Å²) in [5.41, 5.74) is 4.66. The molecule has 3 aromatic rings. The van der Waals surface area contributed by atoms with Gasteiger partial charge < -0.3 is 4.74 Å². The maximum absolute atomic E-state index is 6.00. The van der Waals surface area contributed by atoms with Crippen molar-refractivity contribution in [3.8, 4) is 5.75 Å². The minimum atomic E-state index is 0.574. The van der Waals surface area contributed by atoms with Gasteiger partial charge in [-0.15, -0.1) is 0 Å². The van der Waals surface area contributed by atoms with Crippen molar-refractivity contribution < 1.29 is 4.74 Å². The summed E-state index contributed by atoms with van der Waals surface area (Å²) in [5, 5.41) is 0.